The summed E-state index contributed by atoms with van der Waals surface area (Å²) in [5.41, 5.74) is 3.72. The Balaban J connectivity index is 1.79. The second kappa shape index (κ2) is 6.09. The number of ketones is 1. The third-order valence-corrected chi connectivity index (χ3v) is 8.14. The zero-order valence-electron chi connectivity index (χ0n) is 18.7. The van der Waals surface area contributed by atoms with Crippen LogP contribution in [0.3, 0.4) is 0 Å². The first-order valence-electron chi connectivity index (χ1n) is 11.2. The molecule has 1 saturated carbocycles. The minimum atomic E-state index is -0.562. The molecule has 0 spiro atoms. The van der Waals surface area contributed by atoms with E-state index in [9.17, 15) is 9.59 Å². The molecule has 0 amide bonds. The summed E-state index contributed by atoms with van der Waals surface area (Å²) >= 11 is 0. The van der Waals surface area contributed by atoms with E-state index in [1.165, 1.54) is 11.1 Å². The topological polar surface area (TPSA) is 48.3 Å². The van der Waals surface area contributed by atoms with Crippen LogP contribution in [0.1, 0.15) is 71.6 Å². The SMILES string of the molecule is CC(C)(C)OC(=O)n1c2c(c3ccccc31)C[C@@H]1CCC3=CC(=O)CC[C@]3(C)[C@@]21C. The number of ether oxygens (including phenoxy) is 1. The lowest BCUT2D eigenvalue weighted by atomic mass is 9.49. The van der Waals surface area contributed by atoms with Gasteiger partial charge in [-0.2, -0.15) is 0 Å². The monoisotopic (exact) mass is 405 g/mol. The molecule has 5 rings (SSSR count). The fraction of sp³-hybridized carbons (Fsp3) is 0.538. The lowest BCUT2D eigenvalue weighted by molar-refractivity contribution is -0.116. The largest absolute Gasteiger partial charge is 0.443 e. The molecule has 4 heteroatoms. The van der Waals surface area contributed by atoms with E-state index < -0.39 is 5.60 Å². The molecule has 1 aromatic heterocycles. The first kappa shape index (κ1) is 19.6. The van der Waals surface area contributed by atoms with Crippen LogP contribution in [0.2, 0.25) is 0 Å². The highest BCUT2D eigenvalue weighted by molar-refractivity contribution is 5.96. The predicted octanol–water partition coefficient (Wildman–Crippen LogP) is 5.94. The average Bonchev–Trinajstić information content (AvgIpc) is 3.14. The van der Waals surface area contributed by atoms with Gasteiger partial charge in [0.25, 0.3) is 0 Å². The Hall–Kier alpha value is -2.36. The van der Waals surface area contributed by atoms with E-state index >= 15 is 0 Å². The minimum Gasteiger partial charge on any atom is -0.443 e. The molecule has 1 fully saturated rings. The molecule has 158 valence electrons. The van der Waals surface area contributed by atoms with Crippen LogP contribution in [0, 0.1) is 11.3 Å². The Labute approximate surface area is 178 Å². The first-order valence-corrected chi connectivity index (χ1v) is 11.2. The molecule has 3 aliphatic rings. The van der Waals surface area contributed by atoms with Crippen molar-refractivity contribution in [1.29, 1.82) is 0 Å². The Morgan fingerprint density at radius 1 is 1.17 bits per heavy atom. The number of hydrogen-bond donors (Lipinski definition) is 0. The Morgan fingerprint density at radius 2 is 1.90 bits per heavy atom. The molecular weight excluding hydrogens is 374 g/mol. The Morgan fingerprint density at radius 3 is 2.63 bits per heavy atom. The number of carbonyl (C=O) groups is 2. The molecular formula is C26H31NO3. The molecule has 3 aliphatic carbocycles. The standard InChI is InChI=1S/C26H31NO3/c1-24(2,3)30-23(29)27-21-9-7-6-8-19(21)20-15-17-11-10-16-14-18(28)12-13-25(16,4)26(17,5)22(20)27/h6-9,14,17H,10-13,15H2,1-5H3/t17-,25-,26+/m0/s1. The number of fused-ring (bicyclic) bond motifs is 7. The van der Waals surface area contributed by atoms with E-state index in [1.807, 2.05) is 43.5 Å². The summed E-state index contributed by atoms with van der Waals surface area (Å²) < 4.78 is 7.74. The molecule has 2 aromatic rings. The highest BCUT2D eigenvalue weighted by Crippen LogP contribution is 2.65. The average molecular weight is 406 g/mol. The first-order chi connectivity index (χ1) is 14.1. The third kappa shape index (κ3) is 2.45. The fourth-order valence-electron chi connectivity index (χ4n) is 6.53. The van der Waals surface area contributed by atoms with Crippen LogP contribution in [0.4, 0.5) is 4.79 Å². The van der Waals surface area contributed by atoms with Gasteiger partial charge in [0.05, 0.1) is 5.52 Å². The maximum atomic E-state index is 13.5. The zero-order valence-corrected chi connectivity index (χ0v) is 18.7. The molecule has 0 aliphatic heterocycles. The van der Waals surface area contributed by atoms with Crippen molar-refractivity contribution in [1.82, 2.24) is 4.57 Å². The summed E-state index contributed by atoms with van der Waals surface area (Å²) in [6.07, 6.45) is 6.07. The molecule has 0 radical (unpaired) electrons. The van der Waals surface area contributed by atoms with Crippen LogP contribution in [-0.2, 0) is 21.4 Å². The van der Waals surface area contributed by atoms with Crippen LogP contribution in [0.25, 0.3) is 10.9 Å². The van der Waals surface area contributed by atoms with Crippen molar-refractivity contribution >= 4 is 22.8 Å². The highest BCUT2D eigenvalue weighted by atomic mass is 16.6. The highest BCUT2D eigenvalue weighted by Gasteiger charge is 2.61. The van der Waals surface area contributed by atoms with Gasteiger partial charge in [-0.15, -0.1) is 0 Å². The number of benzene rings is 1. The van der Waals surface area contributed by atoms with Crippen molar-refractivity contribution in [2.75, 3.05) is 0 Å². The number of rotatable bonds is 0. The number of carbonyl (C=O) groups excluding carboxylic acids is 2. The lowest BCUT2D eigenvalue weighted by Gasteiger charge is -2.55. The van der Waals surface area contributed by atoms with E-state index in [0.717, 1.165) is 42.3 Å². The van der Waals surface area contributed by atoms with Crippen LogP contribution >= 0.6 is 0 Å². The van der Waals surface area contributed by atoms with Crippen molar-refractivity contribution in [3.8, 4) is 0 Å². The van der Waals surface area contributed by atoms with Gasteiger partial charge in [-0.1, -0.05) is 37.6 Å². The van der Waals surface area contributed by atoms with Gasteiger partial charge < -0.3 is 4.74 Å². The maximum absolute atomic E-state index is 13.5. The van der Waals surface area contributed by atoms with E-state index in [-0.39, 0.29) is 22.7 Å². The van der Waals surface area contributed by atoms with Crippen LogP contribution in [0.15, 0.2) is 35.9 Å². The summed E-state index contributed by atoms with van der Waals surface area (Å²) in [6, 6.07) is 8.21. The van der Waals surface area contributed by atoms with Gasteiger partial charge in [-0.05, 0) is 70.1 Å². The molecule has 0 N–H and O–H groups in total. The third-order valence-electron chi connectivity index (χ3n) is 8.14. The van der Waals surface area contributed by atoms with Gasteiger partial charge in [0.15, 0.2) is 5.78 Å². The molecule has 0 saturated heterocycles. The maximum Gasteiger partial charge on any atom is 0.419 e. The van der Waals surface area contributed by atoms with Crippen molar-refractivity contribution in [2.24, 2.45) is 11.3 Å². The van der Waals surface area contributed by atoms with Crippen molar-refractivity contribution in [3.63, 3.8) is 0 Å². The summed E-state index contributed by atoms with van der Waals surface area (Å²) in [6.45, 7) is 10.4. The normalized spacial score (nSPS) is 30.5. The fourth-order valence-corrected chi connectivity index (χ4v) is 6.53. The molecule has 0 bridgehead atoms. The van der Waals surface area contributed by atoms with Crippen molar-refractivity contribution < 1.29 is 14.3 Å². The van der Waals surface area contributed by atoms with Gasteiger partial charge in [-0.3, -0.25) is 4.79 Å². The number of para-hydroxylation sites is 1. The van der Waals surface area contributed by atoms with Gasteiger partial charge >= 0.3 is 6.09 Å². The smallest absolute Gasteiger partial charge is 0.419 e. The van der Waals surface area contributed by atoms with Gasteiger partial charge in [0, 0.05) is 28.3 Å². The zero-order chi connectivity index (χ0) is 21.5. The van der Waals surface area contributed by atoms with Gasteiger partial charge in [-0.25, -0.2) is 9.36 Å². The summed E-state index contributed by atoms with van der Waals surface area (Å²) in [7, 11) is 0. The quantitative estimate of drug-likeness (QED) is 0.545. The molecule has 1 heterocycles. The molecule has 4 nitrogen and oxygen atoms in total. The predicted molar refractivity (Wildman–Crippen MR) is 118 cm³/mol. The number of nitrogens with zero attached hydrogens (tertiary/aromatic N) is 1. The summed E-state index contributed by atoms with van der Waals surface area (Å²) in [4.78, 5) is 25.7. The Kier molecular flexibility index (Phi) is 3.98. The van der Waals surface area contributed by atoms with Crippen molar-refractivity contribution in [3.05, 3.63) is 47.2 Å². The minimum absolute atomic E-state index is 0.122. The van der Waals surface area contributed by atoms with E-state index in [2.05, 4.69) is 26.0 Å². The van der Waals surface area contributed by atoms with E-state index in [1.54, 1.807) is 0 Å². The van der Waals surface area contributed by atoms with Crippen LogP contribution in [0.5, 0.6) is 0 Å². The van der Waals surface area contributed by atoms with E-state index in [0.29, 0.717) is 12.3 Å². The van der Waals surface area contributed by atoms with E-state index in [4.69, 9.17) is 4.74 Å². The van der Waals surface area contributed by atoms with Gasteiger partial charge in [0.1, 0.15) is 5.60 Å². The van der Waals surface area contributed by atoms with Crippen LogP contribution < -0.4 is 0 Å². The molecule has 0 unspecified atom stereocenters. The molecule has 3 atom stereocenters. The number of aromatic nitrogens is 1. The number of allylic oxidation sites excluding steroid dienone is 2. The molecule has 1 aromatic carbocycles. The van der Waals surface area contributed by atoms with Crippen LogP contribution in [-0.4, -0.2) is 22.0 Å². The second-order valence-electron chi connectivity index (χ2n) is 10.8. The second-order valence-corrected chi connectivity index (χ2v) is 10.8. The van der Waals surface area contributed by atoms with Gasteiger partial charge in [0.2, 0.25) is 0 Å². The molecule has 30 heavy (non-hydrogen) atoms. The summed E-state index contributed by atoms with van der Waals surface area (Å²) in [5, 5.41) is 1.16. The Bertz CT molecular complexity index is 1120. The number of hydrogen-bond acceptors (Lipinski definition) is 3. The summed E-state index contributed by atoms with van der Waals surface area (Å²) in [5.74, 6) is 0.714. The lowest BCUT2D eigenvalue weighted by Crippen LogP contribution is -2.52. The van der Waals surface area contributed by atoms with Crippen molar-refractivity contribution in [2.45, 2.75) is 77.7 Å².